The van der Waals surface area contributed by atoms with Crippen LogP contribution < -0.4 is 10.0 Å². The van der Waals surface area contributed by atoms with Gasteiger partial charge in [0.2, 0.25) is 10.0 Å². The molecule has 0 saturated carbocycles. The molecule has 0 bridgehead atoms. The van der Waals surface area contributed by atoms with E-state index in [4.69, 9.17) is 0 Å². The van der Waals surface area contributed by atoms with Crippen molar-refractivity contribution in [2.75, 3.05) is 24.7 Å². The highest BCUT2D eigenvalue weighted by molar-refractivity contribution is 9.10. The summed E-state index contributed by atoms with van der Waals surface area (Å²) >= 11 is 3.48. The van der Waals surface area contributed by atoms with E-state index in [0.29, 0.717) is 35.7 Å². The molecule has 1 aliphatic carbocycles. The van der Waals surface area contributed by atoms with Gasteiger partial charge < -0.3 is 10.4 Å². The minimum atomic E-state index is -3.26. The molecule has 0 spiro atoms. The van der Waals surface area contributed by atoms with Crippen molar-refractivity contribution in [1.29, 1.82) is 0 Å². The van der Waals surface area contributed by atoms with E-state index in [1.807, 2.05) is 42.5 Å². The van der Waals surface area contributed by atoms with Gasteiger partial charge in [-0.15, -0.1) is 0 Å². The number of nitrogens with one attached hydrogen (secondary N) is 2. The van der Waals surface area contributed by atoms with Gasteiger partial charge in [-0.05, 0) is 40.1 Å². The molecule has 0 atom stereocenters. The lowest BCUT2D eigenvalue weighted by molar-refractivity contribution is 0.477. The van der Waals surface area contributed by atoms with Crippen LogP contribution in [-0.4, -0.2) is 47.5 Å². The van der Waals surface area contributed by atoms with Crippen LogP contribution in [0.5, 0.6) is 5.75 Å². The number of allylic oxidation sites excluding steroid dienone is 3. The molecule has 1 aliphatic rings. The smallest absolute Gasteiger partial charge is 0.208 e. The van der Waals surface area contributed by atoms with Gasteiger partial charge in [0, 0.05) is 24.7 Å². The number of fused-ring (bicyclic) bond motifs is 1. The molecule has 2 aromatic heterocycles. The molecular weight excluding hydrogens is 494 g/mol. The second-order valence-corrected chi connectivity index (χ2v) is 10.1. The Morgan fingerprint density at radius 1 is 1.25 bits per heavy atom. The molecule has 10 heteroatoms. The fourth-order valence-corrected chi connectivity index (χ4v) is 4.12. The topological polar surface area (TPSA) is 109 Å². The lowest BCUT2D eigenvalue weighted by Gasteiger charge is -2.13. The predicted octanol–water partition coefficient (Wildman–Crippen LogP) is 3.64. The molecule has 0 saturated heterocycles. The molecule has 1 aromatic carbocycles. The van der Waals surface area contributed by atoms with Gasteiger partial charge in [-0.1, -0.05) is 42.0 Å². The first-order chi connectivity index (χ1) is 15.3. The fourth-order valence-electron chi connectivity index (χ4n) is 3.32. The van der Waals surface area contributed by atoms with Gasteiger partial charge in [0.05, 0.1) is 22.6 Å². The third kappa shape index (κ3) is 5.26. The average molecular weight is 516 g/mol. The molecule has 0 aliphatic heterocycles. The molecule has 166 valence electrons. The molecule has 0 amide bonds. The number of hydrogen-bond acceptors (Lipinski definition) is 6. The van der Waals surface area contributed by atoms with Crippen molar-refractivity contribution < 1.29 is 13.5 Å². The van der Waals surface area contributed by atoms with Crippen molar-refractivity contribution in [2.24, 2.45) is 0 Å². The van der Waals surface area contributed by atoms with Crippen molar-refractivity contribution in [3.05, 3.63) is 76.5 Å². The standard InChI is InChI=1S/C22H22BrN5O3S/c1-32(30,31)26-13-16-7-3-2-6-15(10-16)12-24-21-11-19(17-8-4-5-9-20(17)29)27-22-18(23)14-25-28(21)22/h2-6,8-11,14,24,26,29H,7,12-13H2,1H3. The molecule has 0 unspecified atom stereocenters. The van der Waals surface area contributed by atoms with Gasteiger partial charge in [-0.25, -0.2) is 18.1 Å². The number of para-hydroxylation sites is 1. The lowest BCUT2D eigenvalue weighted by Crippen LogP contribution is -2.24. The first-order valence-corrected chi connectivity index (χ1v) is 12.5. The summed E-state index contributed by atoms with van der Waals surface area (Å²) in [5.41, 5.74) is 3.81. The highest BCUT2D eigenvalue weighted by Crippen LogP contribution is 2.31. The summed E-state index contributed by atoms with van der Waals surface area (Å²) in [7, 11) is -3.26. The first kappa shape index (κ1) is 22.3. The van der Waals surface area contributed by atoms with Crippen molar-refractivity contribution in [1.82, 2.24) is 19.3 Å². The minimum absolute atomic E-state index is 0.147. The maximum absolute atomic E-state index is 11.4. The molecule has 3 aromatic rings. The largest absolute Gasteiger partial charge is 0.507 e. The molecule has 8 nitrogen and oxygen atoms in total. The second-order valence-electron chi connectivity index (χ2n) is 7.39. The molecule has 32 heavy (non-hydrogen) atoms. The third-order valence-corrected chi connectivity index (χ3v) is 6.09. The molecule has 0 fully saturated rings. The van der Waals surface area contributed by atoms with Crippen molar-refractivity contribution in [3.8, 4) is 17.0 Å². The van der Waals surface area contributed by atoms with E-state index < -0.39 is 10.0 Å². The fraction of sp³-hybridized carbons (Fsp3) is 0.182. The van der Waals surface area contributed by atoms with Gasteiger partial charge in [0.1, 0.15) is 11.6 Å². The summed E-state index contributed by atoms with van der Waals surface area (Å²) in [6, 6.07) is 8.88. The van der Waals surface area contributed by atoms with Crippen LogP contribution in [0.2, 0.25) is 0 Å². The van der Waals surface area contributed by atoms with Crippen LogP contribution in [0, 0.1) is 0 Å². The quantitative estimate of drug-likeness (QED) is 0.443. The van der Waals surface area contributed by atoms with Gasteiger partial charge in [0.15, 0.2) is 5.65 Å². The van der Waals surface area contributed by atoms with Crippen LogP contribution >= 0.6 is 15.9 Å². The Labute approximate surface area is 194 Å². The van der Waals surface area contributed by atoms with E-state index in [9.17, 15) is 13.5 Å². The van der Waals surface area contributed by atoms with Gasteiger partial charge in [0.25, 0.3) is 0 Å². The van der Waals surface area contributed by atoms with E-state index in [1.54, 1.807) is 22.8 Å². The number of halogens is 1. The Morgan fingerprint density at radius 3 is 2.84 bits per heavy atom. The summed E-state index contributed by atoms with van der Waals surface area (Å²) in [6.45, 7) is 0.757. The van der Waals surface area contributed by atoms with E-state index in [-0.39, 0.29) is 12.3 Å². The van der Waals surface area contributed by atoms with E-state index in [2.05, 4.69) is 36.1 Å². The predicted molar refractivity (Wildman–Crippen MR) is 129 cm³/mol. The Morgan fingerprint density at radius 2 is 2.06 bits per heavy atom. The van der Waals surface area contributed by atoms with Gasteiger partial charge in [-0.3, -0.25) is 0 Å². The van der Waals surface area contributed by atoms with Crippen LogP contribution in [0.1, 0.15) is 6.42 Å². The molecule has 3 N–H and O–H groups in total. The Hall–Kier alpha value is -2.95. The van der Waals surface area contributed by atoms with Crippen LogP contribution in [0.15, 0.2) is 76.5 Å². The Bertz CT molecular complexity index is 1360. The van der Waals surface area contributed by atoms with Crippen LogP contribution in [0.3, 0.4) is 0 Å². The average Bonchev–Trinajstić information content (AvgIpc) is 2.98. The number of anilines is 1. The summed E-state index contributed by atoms with van der Waals surface area (Å²) in [5, 5.41) is 18.1. The second kappa shape index (κ2) is 9.27. The van der Waals surface area contributed by atoms with Crippen LogP contribution in [-0.2, 0) is 10.0 Å². The highest BCUT2D eigenvalue weighted by Gasteiger charge is 2.14. The highest BCUT2D eigenvalue weighted by atomic mass is 79.9. The Kier molecular flexibility index (Phi) is 6.45. The van der Waals surface area contributed by atoms with Crippen molar-refractivity contribution in [2.45, 2.75) is 6.42 Å². The summed E-state index contributed by atoms with van der Waals surface area (Å²) in [6.07, 6.45) is 11.4. The number of sulfonamides is 1. The number of rotatable bonds is 7. The maximum Gasteiger partial charge on any atom is 0.208 e. The molecule has 2 heterocycles. The number of hydrogen-bond donors (Lipinski definition) is 3. The molecular formula is C22H22BrN5O3S. The zero-order valence-corrected chi connectivity index (χ0v) is 19.7. The van der Waals surface area contributed by atoms with E-state index in [0.717, 1.165) is 21.9 Å². The summed E-state index contributed by atoms with van der Waals surface area (Å²) in [4.78, 5) is 4.65. The first-order valence-electron chi connectivity index (χ1n) is 9.86. The monoisotopic (exact) mass is 515 g/mol. The normalized spacial score (nSPS) is 14.2. The minimum Gasteiger partial charge on any atom is -0.507 e. The number of aromatic nitrogens is 3. The Balaban J connectivity index is 1.62. The number of phenols is 1. The number of benzene rings is 1. The van der Waals surface area contributed by atoms with Crippen molar-refractivity contribution >= 4 is 37.4 Å². The van der Waals surface area contributed by atoms with Crippen molar-refractivity contribution in [3.63, 3.8) is 0 Å². The van der Waals surface area contributed by atoms with E-state index in [1.165, 1.54) is 0 Å². The van der Waals surface area contributed by atoms with Gasteiger partial charge >= 0.3 is 0 Å². The molecule has 0 radical (unpaired) electrons. The number of phenolic OH excluding ortho intramolecular Hbond substituents is 1. The lowest BCUT2D eigenvalue weighted by atomic mass is 10.1. The number of aromatic hydroxyl groups is 1. The van der Waals surface area contributed by atoms with E-state index >= 15 is 0 Å². The zero-order valence-electron chi connectivity index (χ0n) is 17.3. The SMILES string of the molecule is CS(=O)(=O)NCC1=CC(CNc2cc(-c3ccccc3O)nc3c(Br)cnn23)=CC=CC1. The molecule has 4 rings (SSSR count). The summed E-state index contributed by atoms with van der Waals surface area (Å²) in [5.74, 6) is 0.853. The van der Waals surface area contributed by atoms with Crippen LogP contribution in [0.4, 0.5) is 5.82 Å². The van der Waals surface area contributed by atoms with Gasteiger partial charge in [-0.2, -0.15) is 9.61 Å². The number of nitrogens with zero attached hydrogens (tertiary/aromatic N) is 3. The summed E-state index contributed by atoms with van der Waals surface area (Å²) < 4.78 is 27.8. The zero-order chi connectivity index (χ0) is 22.7. The maximum atomic E-state index is 11.4. The third-order valence-electron chi connectivity index (χ3n) is 4.86. The van der Waals surface area contributed by atoms with Crippen LogP contribution in [0.25, 0.3) is 16.9 Å².